The Balaban J connectivity index is 2.29. The molecule has 3 N–H and O–H groups in total. The van der Waals surface area contributed by atoms with Crippen LogP contribution in [-0.2, 0) is 0 Å². The molecule has 1 amide bonds. The summed E-state index contributed by atoms with van der Waals surface area (Å²) in [5, 5.41) is 11.5. The third-order valence-electron chi connectivity index (χ3n) is 2.94. The van der Waals surface area contributed by atoms with Crippen molar-refractivity contribution in [1.29, 1.82) is 5.26 Å². The van der Waals surface area contributed by atoms with Crippen molar-refractivity contribution in [3.63, 3.8) is 0 Å². The van der Waals surface area contributed by atoms with Crippen molar-refractivity contribution in [3.05, 3.63) is 57.6 Å². The molecule has 0 unspecified atom stereocenters. The van der Waals surface area contributed by atoms with E-state index in [1.807, 2.05) is 19.1 Å². The van der Waals surface area contributed by atoms with Gasteiger partial charge < -0.3 is 11.1 Å². The lowest BCUT2D eigenvalue weighted by molar-refractivity contribution is 0.102. The van der Waals surface area contributed by atoms with Gasteiger partial charge in [-0.2, -0.15) is 5.26 Å². The van der Waals surface area contributed by atoms with Crippen molar-refractivity contribution >= 4 is 33.2 Å². The lowest BCUT2D eigenvalue weighted by Gasteiger charge is -2.10. The minimum atomic E-state index is -0.236. The van der Waals surface area contributed by atoms with Crippen LogP contribution < -0.4 is 11.1 Å². The number of nitrogens with two attached hydrogens (primary N) is 1. The summed E-state index contributed by atoms with van der Waals surface area (Å²) in [6.07, 6.45) is 0. The quantitative estimate of drug-likeness (QED) is 0.828. The molecule has 0 heterocycles. The van der Waals surface area contributed by atoms with Gasteiger partial charge in [-0.05, 0) is 42.8 Å². The molecule has 0 saturated heterocycles. The number of nitrogen functional groups attached to an aromatic ring is 1. The summed E-state index contributed by atoms with van der Waals surface area (Å²) >= 11 is 3.39. The number of amides is 1. The first-order valence-corrected chi connectivity index (χ1v) is 6.68. The van der Waals surface area contributed by atoms with Gasteiger partial charge >= 0.3 is 0 Å². The number of nitrogens with zero attached hydrogens (tertiary/aromatic N) is 1. The van der Waals surface area contributed by atoms with E-state index in [1.54, 1.807) is 24.3 Å². The number of hydrogen-bond donors (Lipinski definition) is 2. The largest absolute Gasteiger partial charge is 0.397 e. The van der Waals surface area contributed by atoms with Crippen LogP contribution in [0.5, 0.6) is 0 Å². The number of benzene rings is 2. The lowest BCUT2D eigenvalue weighted by Crippen LogP contribution is -2.14. The van der Waals surface area contributed by atoms with Gasteiger partial charge in [0.25, 0.3) is 5.91 Å². The minimum absolute atomic E-state index is 0.236. The Bertz CT molecular complexity index is 720. The highest BCUT2D eigenvalue weighted by atomic mass is 79.9. The van der Waals surface area contributed by atoms with Crippen LogP contribution in [0.1, 0.15) is 21.5 Å². The second-order valence-electron chi connectivity index (χ2n) is 4.28. The van der Waals surface area contributed by atoms with Crippen LogP contribution in [0.25, 0.3) is 0 Å². The van der Waals surface area contributed by atoms with E-state index in [-0.39, 0.29) is 5.91 Å². The van der Waals surface area contributed by atoms with E-state index >= 15 is 0 Å². The molecule has 0 aliphatic heterocycles. The van der Waals surface area contributed by atoms with Crippen molar-refractivity contribution in [2.45, 2.75) is 6.92 Å². The number of halogens is 1. The number of hydrogen-bond acceptors (Lipinski definition) is 3. The summed E-state index contributed by atoms with van der Waals surface area (Å²) in [4.78, 5) is 12.2. The van der Waals surface area contributed by atoms with E-state index in [0.717, 1.165) is 10.0 Å². The van der Waals surface area contributed by atoms with Crippen molar-refractivity contribution in [2.75, 3.05) is 11.1 Å². The maximum Gasteiger partial charge on any atom is 0.256 e. The maximum atomic E-state index is 12.2. The molecule has 2 aromatic carbocycles. The number of rotatable bonds is 2. The Labute approximate surface area is 125 Å². The van der Waals surface area contributed by atoms with Crippen molar-refractivity contribution in [1.82, 2.24) is 0 Å². The van der Waals surface area contributed by atoms with Gasteiger partial charge in [-0.25, -0.2) is 0 Å². The molecular weight excluding hydrogens is 318 g/mol. The monoisotopic (exact) mass is 329 g/mol. The van der Waals surface area contributed by atoms with Gasteiger partial charge in [-0.15, -0.1) is 0 Å². The third kappa shape index (κ3) is 2.81. The Morgan fingerprint density at radius 2 is 2.10 bits per heavy atom. The second-order valence-corrected chi connectivity index (χ2v) is 5.13. The Morgan fingerprint density at radius 3 is 2.75 bits per heavy atom. The fraction of sp³-hybridized carbons (Fsp3) is 0.0667. The van der Waals surface area contributed by atoms with Gasteiger partial charge in [-0.3, -0.25) is 4.79 Å². The van der Waals surface area contributed by atoms with Crippen LogP contribution >= 0.6 is 15.9 Å². The highest BCUT2D eigenvalue weighted by Gasteiger charge is 2.12. The van der Waals surface area contributed by atoms with E-state index in [2.05, 4.69) is 21.2 Å². The molecule has 100 valence electrons. The summed E-state index contributed by atoms with van der Waals surface area (Å²) in [5.41, 5.74) is 8.56. The average Bonchev–Trinajstić information content (AvgIpc) is 2.44. The van der Waals surface area contributed by atoms with Gasteiger partial charge in [0.1, 0.15) is 0 Å². The third-order valence-corrected chi connectivity index (χ3v) is 3.80. The zero-order chi connectivity index (χ0) is 14.7. The Morgan fingerprint density at radius 1 is 1.35 bits per heavy atom. The number of nitrogens with one attached hydrogen (secondary N) is 1. The van der Waals surface area contributed by atoms with E-state index in [1.165, 1.54) is 6.07 Å². The van der Waals surface area contributed by atoms with Crippen LogP contribution in [0.2, 0.25) is 0 Å². The fourth-order valence-electron chi connectivity index (χ4n) is 1.79. The molecule has 20 heavy (non-hydrogen) atoms. The average molecular weight is 330 g/mol. The topological polar surface area (TPSA) is 78.9 Å². The Kier molecular flexibility index (Phi) is 4.06. The van der Waals surface area contributed by atoms with Crippen molar-refractivity contribution in [3.8, 4) is 6.07 Å². The highest BCUT2D eigenvalue weighted by molar-refractivity contribution is 9.10. The van der Waals surface area contributed by atoms with Gasteiger partial charge in [-0.1, -0.05) is 22.0 Å². The van der Waals surface area contributed by atoms with Gasteiger partial charge in [0, 0.05) is 10.0 Å². The summed E-state index contributed by atoms with van der Waals surface area (Å²) < 4.78 is 0.873. The van der Waals surface area contributed by atoms with Crippen LogP contribution in [0.4, 0.5) is 11.4 Å². The molecule has 0 saturated carbocycles. The zero-order valence-electron chi connectivity index (χ0n) is 10.8. The molecule has 0 spiro atoms. The number of carbonyl (C=O) groups is 1. The van der Waals surface area contributed by atoms with Crippen molar-refractivity contribution < 1.29 is 4.79 Å². The van der Waals surface area contributed by atoms with Crippen LogP contribution in [-0.4, -0.2) is 5.91 Å². The van der Waals surface area contributed by atoms with Gasteiger partial charge in [0.05, 0.1) is 23.0 Å². The molecule has 0 atom stereocenters. The first kappa shape index (κ1) is 14.1. The predicted molar refractivity (Wildman–Crippen MR) is 82.4 cm³/mol. The molecule has 0 aromatic heterocycles. The van der Waals surface area contributed by atoms with Crippen LogP contribution in [0.15, 0.2) is 40.9 Å². The molecular formula is C15H12BrN3O. The molecule has 2 aromatic rings. The fourth-order valence-corrected chi connectivity index (χ4v) is 2.16. The summed E-state index contributed by atoms with van der Waals surface area (Å²) in [6, 6.07) is 12.2. The standard InChI is InChI=1S/C15H12BrN3O/c1-9-11(3-2-4-12(9)16)15(20)19-14-6-5-10(8-17)7-13(14)18/h2-7H,18H2,1H3,(H,19,20). The van der Waals surface area contributed by atoms with Crippen LogP contribution in [0.3, 0.4) is 0 Å². The number of carbonyl (C=O) groups excluding carboxylic acids is 1. The second kappa shape index (κ2) is 5.76. The lowest BCUT2D eigenvalue weighted by atomic mass is 10.1. The molecule has 0 bridgehead atoms. The predicted octanol–water partition coefficient (Wildman–Crippen LogP) is 3.46. The van der Waals surface area contributed by atoms with E-state index in [4.69, 9.17) is 11.0 Å². The van der Waals surface area contributed by atoms with Crippen molar-refractivity contribution in [2.24, 2.45) is 0 Å². The van der Waals surface area contributed by atoms with E-state index in [9.17, 15) is 4.79 Å². The van der Waals surface area contributed by atoms with Gasteiger partial charge in [0.15, 0.2) is 0 Å². The normalized spacial score (nSPS) is 9.85. The maximum absolute atomic E-state index is 12.2. The smallest absolute Gasteiger partial charge is 0.256 e. The molecule has 4 nitrogen and oxygen atoms in total. The Hall–Kier alpha value is -2.32. The van der Waals surface area contributed by atoms with Gasteiger partial charge in [0.2, 0.25) is 0 Å². The minimum Gasteiger partial charge on any atom is -0.397 e. The summed E-state index contributed by atoms with van der Waals surface area (Å²) in [7, 11) is 0. The van der Waals surface area contributed by atoms with E-state index in [0.29, 0.717) is 22.5 Å². The number of nitriles is 1. The molecule has 2 rings (SSSR count). The molecule has 0 radical (unpaired) electrons. The van der Waals surface area contributed by atoms with E-state index < -0.39 is 0 Å². The highest BCUT2D eigenvalue weighted by Crippen LogP contribution is 2.23. The molecule has 0 aliphatic rings. The number of anilines is 2. The molecule has 0 fully saturated rings. The first-order valence-electron chi connectivity index (χ1n) is 5.89. The first-order chi connectivity index (χ1) is 9.52. The molecule has 5 heteroatoms. The molecule has 0 aliphatic carbocycles. The summed E-state index contributed by atoms with van der Waals surface area (Å²) in [5.74, 6) is -0.236. The zero-order valence-corrected chi connectivity index (χ0v) is 12.4. The van der Waals surface area contributed by atoms with Crippen LogP contribution in [0, 0.1) is 18.3 Å². The SMILES string of the molecule is Cc1c(Br)cccc1C(=O)Nc1ccc(C#N)cc1N. The summed E-state index contributed by atoms with van der Waals surface area (Å²) in [6.45, 7) is 1.86.